The summed E-state index contributed by atoms with van der Waals surface area (Å²) in [6.07, 6.45) is 0. The van der Waals surface area contributed by atoms with Gasteiger partial charge in [-0.2, -0.15) is 0 Å². The van der Waals surface area contributed by atoms with Crippen molar-refractivity contribution in [1.82, 2.24) is 0 Å². The van der Waals surface area contributed by atoms with Gasteiger partial charge in [-0.3, -0.25) is 0 Å². The van der Waals surface area contributed by atoms with Gasteiger partial charge in [-0.05, 0) is 31.2 Å². The van der Waals surface area contributed by atoms with E-state index in [1.807, 2.05) is 25.1 Å². The second-order valence-electron chi connectivity index (χ2n) is 4.00. The van der Waals surface area contributed by atoms with Crippen molar-refractivity contribution in [2.24, 2.45) is 5.73 Å². The van der Waals surface area contributed by atoms with Gasteiger partial charge in [0.2, 0.25) is 0 Å². The molecule has 1 unspecified atom stereocenters. The molecule has 0 aliphatic heterocycles. The first-order valence-electron chi connectivity index (χ1n) is 5.55. The predicted octanol–water partition coefficient (Wildman–Crippen LogP) is 4.29. The summed E-state index contributed by atoms with van der Waals surface area (Å²) in [6.45, 7) is 1.87. The maximum atomic E-state index is 12.9. The van der Waals surface area contributed by atoms with Crippen LogP contribution in [0.4, 0.5) is 4.39 Å². The standard InChI is InChI=1S/C14H13ClFNO/c1-9(17)11-4-2-3-5-13(11)18-14-7-6-10(16)8-12(14)15/h2-9H,17H2,1H3. The monoisotopic (exact) mass is 265 g/mol. The summed E-state index contributed by atoms with van der Waals surface area (Å²) in [7, 11) is 0. The molecule has 2 nitrogen and oxygen atoms in total. The second kappa shape index (κ2) is 5.38. The first kappa shape index (κ1) is 12.9. The molecule has 2 aromatic carbocycles. The van der Waals surface area contributed by atoms with Crippen LogP contribution in [0.15, 0.2) is 42.5 Å². The highest BCUT2D eigenvalue weighted by Crippen LogP contribution is 2.33. The number of hydrogen-bond acceptors (Lipinski definition) is 2. The van der Waals surface area contributed by atoms with Crippen molar-refractivity contribution in [3.05, 3.63) is 58.9 Å². The van der Waals surface area contributed by atoms with E-state index in [1.54, 1.807) is 6.07 Å². The van der Waals surface area contributed by atoms with Crippen LogP contribution in [0, 0.1) is 5.82 Å². The van der Waals surface area contributed by atoms with E-state index >= 15 is 0 Å². The summed E-state index contributed by atoms with van der Waals surface area (Å²) in [6, 6.07) is 11.3. The van der Waals surface area contributed by atoms with Crippen molar-refractivity contribution in [1.29, 1.82) is 0 Å². The van der Waals surface area contributed by atoms with E-state index in [0.29, 0.717) is 11.5 Å². The van der Waals surface area contributed by atoms with Gasteiger partial charge >= 0.3 is 0 Å². The van der Waals surface area contributed by atoms with Crippen molar-refractivity contribution in [3.8, 4) is 11.5 Å². The van der Waals surface area contributed by atoms with E-state index in [4.69, 9.17) is 22.1 Å². The Bertz CT molecular complexity index is 557. The zero-order valence-electron chi connectivity index (χ0n) is 9.86. The molecule has 0 bridgehead atoms. The minimum atomic E-state index is -0.396. The van der Waals surface area contributed by atoms with Crippen molar-refractivity contribution < 1.29 is 9.13 Å². The zero-order chi connectivity index (χ0) is 13.1. The Labute approximate surface area is 110 Å². The van der Waals surface area contributed by atoms with Gasteiger partial charge in [0, 0.05) is 11.6 Å². The molecule has 0 aliphatic rings. The van der Waals surface area contributed by atoms with Crippen LogP contribution in [0.5, 0.6) is 11.5 Å². The van der Waals surface area contributed by atoms with Gasteiger partial charge < -0.3 is 10.5 Å². The van der Waals surface area contributed by atoms with Gasteiger partial charge in [-0.1, -0.05) is 29.8 Å². The maximum absolute atomic E-state index is 12.9. The van der Waals surface area contributed by atoms with E-state index in [-0.39, 0.29) is 11.1 Å². The van der Waals surface area contributed by atoms with Crippen LogP contribution in [0.2, 0.25) is 5.02 Å². The Morgan fingerprint density at radius 3 is 2.56 bits per heavy atom. The molecule has 0 aromatic heterocycles. The lowest BCUT2D eigenvalue weighted by Crippen LogP contribution is -2.06. The highest BCUT2D eigenvalue weighted by Gasteiger charge is 2.10. The van der Waals surface area contributed by atoms with Gasteiger partial charge in [0.1, 0.15) is 17.3 Å². The number of nitrogens with two attached hydrogens (primary N) is 1. The number of benzene rings is 2. The Balaban J connectivity index is 2.34. The summed E-state index contributed by atoms with van der Waals surface area (Å²) in [5.74, 6) is 0.639. The molecule has 0 saturated heterocycles. The van der Waals surface area contributed by atoms with E-state index < -0.39 is 5.82 Å². The lowest BCUT2D eigenvalue weighted by Gasteiger charge is -2.14. The number of ether oxygens (including phenoxy) is 1. The normalized spacial score (nSPS) is 12.2. The second-order valence-corrected chi connectivity index (χ2v) is 4.41. The SMILES string of the molecule is CC(N)c1ccccc1Oc1ccc(F)cc1Cl. The first-order chi connectivity index (χ1) is 8.58. The van der Waals surface area contributed by atoms with Gasteiger partial charge in [-0.15, -0.1) is 0 Å². The molecule has 0 spiro atoms. The van der Waals surface area contributed by atoms with Gasteiger partial charge in [-0.25, -0.2) is 4.39 Å². The highest BCUT2D eigenvalue weighted by atomic mass is 35.5. The van der Waals surface area contributed by atoms with E-state index in [0.717, 1.165) is 5.56 Å². The Kier molecular flexibility index (Phi) is 3.84. The molecule has 2 rings (SSSR count). The largest absolute Gasteiger partial charge is 0.455 e. The molecule has 0 saturated carbocycles. The lowest BCUT2D eigenvalue weighted by molar-refractivity contribution is 0.470. The van der Waals surface area contributed by atoms with Crippen LogP contribution in [0.3, 0.4) is 0 Å². The predicted molar refractivity (Wildman–Crippen MR) is 70.5 cm³/mol. The number of rotatable bonds is 3. The molecule has 2 aromatic rings. The molecular formula is C14H13ClFNO. The lowest BCUT2D eigenvalue weighted by atomic mass is 10.1. The van der Waals surface area contributed by atoms with Crippen molar-refractivity contribution in [2.75, 3.05) is 0 Å². The fourth-order valence-corrected chi connectivity index (χ4v) is 1.83. The third-order valence-electron chi connectivity index (χ3n) is 2.52. The molecule has 94 valence electrons. The molecule has 0 fully saturated rings. The number of hydrogen-bond donors (Lipinski definition) is 1. The van der Waals surface area contributed by atoms with Crippen LogP contribution >= 0.6 is 11.6 Å². The fourth-order valence-electron chi connectivity index (χ4n) is 1.63. The Morgan fingerprint density at radius 2 is 1.89 bits per heavy atom. The summed E-state index contributed by atoms with van der Waals surface area (Å²) in [5.41, 5.74) is 6.73. The molecule has 0 radical (unpaired) electrons. The molecular weight excluding hydrogens is 253 g/mol. The van der Waals surface area contributed by atoms with Crippen molar-refractivity contribution in [2.45, 2.75) is 13.0 Å². The zero-order valence-corrected chi connectivity index (χ0v) is 10.6. The smallest absolute Gasteiger partial charge is 0.146 e. The highest BCUT2D eigenvalue weighted by molar-refractivity contribution is 6.32. The minimum absolute atomic E-state index is 0.152. The van der Waals surface area contributed by atoms with E-state index in [1.165, 1.54) is 18.2 Å². The summed E-state index contributed by atoms with van der Waals surface area (Å²) >= 11 is 5.92. The van der Waals surface area contributed by atoms with Crippen LogP contribution in [0.25, 0.3) is 0 Å². The minimum Gasteiger partial charge on any atom is -0.455 e. The third-order valence-corrected chi connectivity index (χ3v) is 2.82. The molecule has 0 heterocycles. The molecule has 0 aliphatic carbocycles. The van der Waals surface area contributed by atoms with Crippen LogP contribution in [0.1, 0.15) is 18.5 Å². The van der Waals surface area contributed by atoms with Crippen LogP contribution in [-0.4, -0.2) is 0 Å². The summed E-state index contributed by atoms with van der Waals surface area (Å²) in [4.78, 5) is 0. The average molecular weight is 266 g/mol. The number of halogens is 2. The summed E-state index contributed by atoms with van der Waals surface area (Å²) in [5, 5.41) is 0.231. The van der Waals surface area contributed by atoms with Crippen molar-refractivity contribution in [3.63, 3.8) is 0 Å². The molecule has 0 amide bonds. The van der Waals surface area contributed by atoms with Crippen molar-refractivity contribution >= 4 is 11.6 Å². The quantitative estimate of drug-likeness (QED) is 0.898. The molecule has 2 N–H and O–H groups in total. The van der Waals surface area contributed by atoms with Crippen LogP contribution in [-0.2, 0) is 0 Å². The topological polar surface area (TPSA) is 35.2 Å². The average Bonchev–Trinajstić information content (AvgIpc) is 2.33. The Hall–Kier alpha value is -1.58. The Morgan fingerprint density at radius 1 is 1.17 bits per heavy atom. The third kappa shape index (κ3) is 2.81. The van der Waals surface area contributed by atoms with Crippen LogP contribution < -0.4 is 10.5 Å². The maximum Gasteiger partial charge on any atom is 0.146 e. The molecule has 18 heavy (non-hydrogen) atoms. The van der Waals surface area contributed by atoms with E-state index in [9.17, 15) is 4.39 Å². The fraction of sp³-hybridized carbons (Fsp3) is 0.143. The molecule has 4 heteroatoms. The van der Waals surface area contributed by atoms with E-state index in [2.05, 4.69) is 0 Å². The number of para-hydroxylation sites is 1. The van der Waals surface area contributed by atoms with Gasteiger partial charge in [0.25, 0.3) is 0 Å². The van der Waals surface area contributed by atoms with Gasteiger partial charge in [0.15, 0.2) is 0 Å². The summed E-state index contributed by atoms with van der Waals surface area (Å²) < 4.78 is 18.6. The molecule has 1 atom stereocenters. The first-order valence-corrected chi connectivity index (χ1v) is 5.93. The van der Waals surface area contributed by atoms with Gasteiger partial charge in [0.05, 0.1) is 5.02 Å².